The molecule has 0 saturated carbocycles. The number of nitrogens with one attached hydrogen (secondary N) is 1. The van der Waals surface area contributed by atoms with Gasteiger partial charge in [-0.3, -0.25) is 4.79 Å². The summed E-state index contributed by atoms with van der Waals surface area (Å²) in [5.74, 6) is -0.422. The van der Waals surface area contributed by atoms with Gasteiger partial charge in [-0.2, -0.15) is 8.68 Å². The van der Waals surface area contributed by atoms with Crippen molar-refractivity contribution in [3.63, 3.8) is 0 Å². The first-order valence-electron chi connectivity index (χ1n) is 9.37. The molecule has 2 heterocycles. The summed E-state index contributed by atoms with van der Waals surface area (Å²) in [7, 11) is -2.44. The van der Waals surface area contributed by atoms with E-state index in [2.05, 4.69) is 9.69 Å². The Labute approximate surface area is 183 Å². The maximum absolute atomic E-state index is 13.2. The van der Waals surface area contributed by atoms with Crippen LogP contribution in [0.15, 0.2) is 47.5 Å². The first-order valence-corrected chi connectivity index (χ1v) is 12.0. The number of amides is 1. The molecule has 3 aromatic rings. The van der Waals surface area contributed by atoms with E-state index in [-0.39, 0.29) is 23.1 Å². The van der Waals surface area contributed by atoms with Gasteiger partial charge in [-0.25, -0.2) is 8.42 Å². The van der Waals surface area contributed by atoms with E-state index in [0.717, 1.165) is 10.1 Å². The van der Waals surface area contributed by atoms with E-state index in [9.17, 15) is 13.2 Å². The second-order valence-electron chi connectivity index (χ2n) is 7.07. The lowest BCUT2D eigenvalue weighted by molar-refractivity contribution is -0.120. The average molecular weight is 466 g/mol. The lowest BCUT2D eigenvalue weighted by Crippen LogP contribution is -2.43. The van der Waals surface area contributed by atoms with Gasteiger partial charge in [0, 0.05) is 35.4 Å². The Morgan fingerprint density at radius 1 is 1.30 bits per heavy atom. The third-order valence-corrected chi connectivity index (χ3v) is 8.02. The van der Waals surface area contributed by atoms with Crippen LogP contribution in [-0.4, -0.2) is 43.2 Å². The summed E-state index contributed by atoms with van der Waals surface area (Å²) in [6.45, 7) is 0.445. The summed E-state index contributed by atoms with van der Waals surface area (Å²) in [5, 5.41) is 4.17. The maximum atomic E-state index is 13.2. The molecule has 1 fully saturated rings. The smallest absolute Gasteiger partial charge is 0.246 e. The van der Waals surface area contributed by atoms with E-state index in [1.807, 2.05) is 18.2 Å². The molecule has 7 nitrogen and oxygen atoms in total. The molecule has 0 radical (unpaired) electrons. The van der Waals surface area contributed by atoms with Gasteiger partial charge in [0.15, 0.2) is 0 Å². The van der Waals surface area contributed by atoms with Crippen LogP contribution in [0.4, 0.5) is 5.69 Å². The number of methoxy groups -OCH3 is 1. The van der Waals surface area contributed by atoms with Crippen molar-refractivity contribution in [1.29, 1.82) is 0 Å². The minimum Gasteiger partial charge on any atom is -0.495 e. The molecule has 1 aliphatic rings. The summed E-state index contributed by atoms with van der Waals surface area (Å²) in [6.07, 6.45) is 2.96. The topological polar surface area (TPSA) is 88.6 Å². The van der Waals surface area contributed by atoms with Crippen molar-refractivity contribution in [2.45, 2.75) is 17.7 Å². The summed E-state index contributed by atoms with van der Waals surface area (Å²) in [4.78, 5) is 12.8. The third kappa shape index (κ3) is 4.15. The lowest BCUT2D eigenvalue weighted by atomic mass is 9.98. The standard InChI is InChI=1S/C20H20ClN3O4S2/c1-28-17-6-4-15(21)10-19(17)30(26,27)24-8-2-3-13(12-24)20(25)23-16-5-7-18-14(9-16)11-22-29-18/h4-7,9-11,13H,2-3,8,12H2,1H3,(H,23,25). The van der Waals surface area contributed by atoms with Gasteiger partial charge in [-0.05, 0) is 60.8 Å². The van der Waals surface area contributed by atoms with E-state index in [1.54, 1.807) is 12.3 Å². The summed E-state index contributed by atoms with van der Waals surface area (Å²) >= 11 is 7.41. The number of aromatic nitrogens is 1. The fraction of sp³-hybridized carbons (Fsp3) is 0.300. The van der Waals surface area contributed by atoms with E-state index < -0.39 is 15.9 Å². The van der Waals surface area contributed by atoms with Crippen molar-refractivity contribution >= 4 is 54.8 Å². The molecule has 30 heavy (non-hydrogen) atoms. The molecule has 2 aromatic carbocycles. The zero-order chi connectivity index (χ0) is 21.3. The fourth-order valence-electron chi connectivity index (χ4n) is 3.56. The molecule has 1 aliphatic heterocycles. The number of piperidine rings is 1. The number of sulfonamides is 1. The van der Waals surface area contributed by atoms with Crippen molar-refractivity contribution in [3.8, 4) is 5.75 Å². The molecule has 158 valence electrons. The van der Waals surface area contributed by atoms with Gasteiger partial charge in [0.05, 0.1) is 17.7 Å². The van der Waals surface area contributed by atoms with Crippen molar-refractivity contribution < 1.29 is 17.9 Å². The van der Waals surface area contributed by atoms with E-state index in [4.69, 9.17) is 16.3 Å². The van der Waals surface area contributed by atoms with E-state index in [0.29, 0.717) is 30.1 Å². The highest BCUT2D eigenvalue weighted by Crippen LogP contribution is 2.32. The zero-order valence-electron chi connectivity index (χ0n) is 16.2. The Hall–Kier alpha value is -2.20. The lowest BCUT2D eigenvalue weighted by Gasteiger charge is -2.31. The minimum atomic E-state index is -3.85. The van der Waals surface area contributed by atoms with Crippen molar-refractivity contribution in [2.75, 3.05) is 25.5 Å². The fourth-order valence-corrected chi connectivity index (χ4v) is 6.13. The molecule has 1 atom stereocenters. The SMILES string of the molecule is COc1ccc(Cl)cc1S(=O)(=O)N1CCCC(C(=O)Nc2ccc3sncc3c2)C1. The van der Waals surface area contributed by atoms with E-state index in [1.165, 1.54) is 35.1 Å². The number of anilines is 1. The molecule has 0 aliphatic carbocycles. The average Bonchev–Trinajstić information content (AvgIpc) is 3.21. The largest absolute Gasteiger partial charge is 0.495 e. The molecule has 1 aromatic heterocycles. The molecular weight excluding hydrogens is 446 g/mol. The van der Waals surface area contributed by atoms with E-state index >= 15 is 0 Å². The first kappa shape index (κ1) is 21.0. The third-order valence-electron chi connectivity index (χ3n) is 5.12. The second kappa shape index (κ2) is 8.50. The van der Waals surface area contributed by atoms with Gasteiger partial charge in [0.25, 0.3) is 0 Å². The quantitative estimate of drug-likeness (QED) is 0.615. The predicted molar refractivity (Wildman–Crippen MR) is 118 cm³/mol. The number of hydrogen-bond donors (Lipinski definition) is 1. The Morgan fingerprint density at radius 2 is 2.13 bits per heavy atom. The van der Waals surface area contributed by atoms with Crippen LogP contribution in [0, 0.1) is 5.92 Å². The van der Waals surface area contributed by atoms with Crippen LogP contribution in [0.5, 0.6) is 5.75 Å². The molecule has 10 heteroatoms. The number of hydrogen-bond acceptors (Lipinski definition) is 6. The second-order valence-corrected chi connectivity index (χ2v) is 10.2. The molecule has 0 bridgehead atoms. The predicted octanol–water partition coefficient (Wildman–Crippen LogP) is 4.00. The Bertz CT molecular complexity index is 1200. The normalized spacial score (nSPS) is 17.7. The van der Waals surface area contributed by atoms with Crippen molar-refractivity contribution in [2.24, 2.45) is 5.92 Å². The van der Waals surface area contributed by atoms with Crippen LogP contribution in [-0.2, 0) is 14.8 Å². The highest BCUT2D eigenvalue weighted by atomic mass is 35.5. The maximum Gasteiger partial charge on any atom is 0.246 e. The highest BCUT2D eigenvalue weighted by Gasteiger charge is 2.35. The van der Waals surface area contributed by atoms with Crippen molar-refractivity contribution in [1.82, 2.24) is 8.68 Å². The van der Waals surface area contributed by atoms with Gasteiger partial charge in [0.2, 0.25) is 15.9 Å². The van der Waals surface area contributed by atoms with Crippen LogP contribution in [0.25, 0.3) is 10.1 Å². The zero-order valence-corrected chi connectivity index (χ0v) is 18.6. The summed E-state index contributed by atoms with van der Waals surface area (Å²) < 4.78 is 38.1. The molecule has 1 saturated heterocycles. The molecule has 1 N–H and O–H groups in total. The van der Waals surface area contributed by atoms with Gasteiger partial charge >= 0.3 is 0 Å². The Morgan fingerprint density at radius 3 is 2.93 bits per heavy atom. The molecule has 0 spiro atoms. The molecule has 1 unspecified atom stereocenters. The number of carbonyl (C=O) groups is 1. The molecular formula is C20H20ClN3O4S2. The Kier molecular flexibility index (Phi) is 5.97. The van der Waals surface area contributed by atoms with Crippen LogP contribution >= 0.6 is 23.1 Å². The number of halogens is 1. The van der Waals surface area contributed by atoms with Gasteiger partial charge in [0.1, 0.15) is 10.6 Å². The molecule has 4 rings (SSSR count). The monoisotopic (exact) mass is 465 g/mol. The number of carbonyl (C=O) groups excluding carboxylic acids is 1. The number of rotatable bonds is 5. The highest BCUT2D eigenvalue weighted by molar-refractivity contribution is 7.89. The number of nitrogens with zero attached hydrogens (tertiary/aromatic N) is 2. The van der Waals surface area contributed by atoms with Gasteiger partial charge < -0.3 is 10.1 Å². The summed E-state index contributed by atoms with van der Waals surface area (Å²) in [5.41, 5.74) is 0.671. The summed E-state index contributed by atoms with van der Waals surface area (Å²) in [6, 6.07) is 10.1. The Balaban J connectivity index is 1.52. The van der Waals surface area contributed by atoms with Gasteiger partial charge in [-0.1, -0.05) is 11.6 Å². The van der Waals surface area contributed by atoms with Crippen LogP contribution in [0.2, 0.25) is 5.02 Å². The number of fused-ring (bicyclic) bond motifs is 1. The number of ether oxygens (including phenoxy) is 1. The van der Waals surface area contributed by atoms with Crippen molar-refractivity contribution in [3.05, 3.63) is 47.6 Å². The number of benzene rings is 2. The van der Waals surface area contributed by atoms with Crippen LogP contribution < -0.4 is 10.1 Å². The first-order chi connectivity index (χ1) is 14.4. The van der Waals surface area contributed by atoms with Crippen LogP contribution in [0.1, 0.15) is 12.8 Å². The van der Waals surface area contributed by atoms with Crippen LogP contribution in [0.3, 0.4) is 0 Å². The minimum absolute atomic E-state index is 0.00830. The van der Waals surface area contributed by atoms with Gasteiger partial charge in [-0.15, -0.1) is 0 Å². The molecule has 1 amide bonds.